The third-order valence-corrected chi connectivity index (χ3v) is 6.29. The van der Waals surface area contributed by atoms with Crippen molar-refractivity contribution in [3.8, 4) is 0 Å². The number of nitrogens with one attached hydrogen (secondary N) is 2. The molecule has 2 aromatic rings. The van der Waals surface area contributed by atoms with Crippen molar-refractivity contribution in [3.63, 3.8) is 0 Å². The topological polar surface area (TPSA) is 61.4 Å². The number of para-hydroxylation sites is 1. The van der Waals surface area contributed by atoms with Gasteiger partial charge in [-0.3, -0.25) is 14.5 Å². The first-order chi connectivity index (χ1) is 14.9. The van der Waals surface area contributed by atoms with Crippen LogP contribution in [0.25, 0.3) is 0 Å². The number of hydrogen-bond donors (Lipinski definition) is 2. The summed E-state index contributed by atoms with van der Waals surface area (Å²) >= 11 is 12.3. The van der Waals surface area contributed by atoms with Gasteiger partial charge in [0.1, 0.15) is 0 Å². The Labute approximate surface area is 194 Å². The molecule has 1 aliphatic heterocycles. The normalized spacial score (nSPS) is 17.7. The number of anilines is 1. The fourth-order valence-electron chi connectivity index (χ4n) is 3.73. The standard InChI is InChI=1S/C24H29Cl2N3O2/c1-3-16(2)27-24(31)20-8-4-5-9-22(20)28-23(30)18-7-6-12-29(15-18)14-17-10-11-19(25)13-21(17)26/h4-5,8-11,13,16,18H,3,6-7,12,14-15H2,1-2H3,(H,27,31)(H,28,30). The van der Waals surface area contributed by atoms with Gasteiger partial charge in [-0.2, -0.15) is 0 Å². The van der Waals surface area contributed by atoms with E-state index in [0.717, 1.165) is 31.4 Å². The summed E-state index contributed by atoms with van der Waals surface area (Å²) in [6.07, 6.45) is 2.59. The maximum Gasteiger partial charge on any atom is 0.253 e. The number of carbonyl (C=O) groups excluding carboxylic acids is 2. The van der Waals surface area contributed by atoms with Crippen molar-refractivity contribution >= 4 is 40.7 Å². The second-order valence-corrected chi connectivity index (χ2v) is 8.97. The molecule has 31 heavy (non-hydrogen) atoms. The largest absolute Gasteiger partial charge is 0.350 e. The molecule has 0 bridgehead atoms. The zero-order valence-corrected chi connectivity index (χ0v) is 19.5. The summed E-state index contributed by atoms with van der Waals surface area (Å²) in [5.74, 6) is -0.380. The summed E-state index contributed by atoms with van der Waals surface area (Å²) in [7, 11) is 0. The van der Waals surface area contributed by atoms with Gasteiger partial charge in [0.15, 0.2) is 0 Å². The number of halogens is 2. The van der Waals surface area contributed by atoms with Gasteiger partial charge in [0.2, 0.25) is 5.91 Å². The van der Waals surface area contributed by atoms with Gasteiger partial charge in [-0.25, -0.2) is 0 Å². The zero-order chi connectivity index (χ0) is 22.4. The lowest BCUT2D eigenvalue weighted by Gasteiger charge is -2.32. The van der Waals surface area contributed by atoms with E-state index in [0.29, 0.717) is 34.4 Å². The minimum atomic E-state index is -0.173. The summed E-state index contributed by atoms with van der Waals surface area (Å²) in [5.41, 5.74) is 2.03. The molecule has 0 radical (unpaired) electrons. The van der Waals surface area contributed by atoms with E-state index in [1.807, 2.05) is 32.0 Å². The fourth-order valence-corrected chi connectivity index (χ4v) is 4.20. The quantitative estimate of drug-likeness (QED) is 0.582. The minimum absolute atomic E-state index is 0.0595. The highest BCUT2D eigenvalue weighted by Crippen LogP contribution is 2.26. The molecule has 5 nitrogen and oxygen atoms in total. The molecule has 0 aliphatic carbocycles. The number of rotatable bonds is 7. The number of nitrogens with zero attached hydrogens (tertiary/aromatic N) is 1. The maximum atomic E-state index is 13.0. The highest BCUT2D eigenvalue weighted by Gasteiger charge is 2.27. The van der Waals surface area contributed by atoms with Gasteiger partial charge < -0.3 is 10.6 Å². The van der Waals surface area contributed by atoms with Crippen molar-refractivity contribution < 1.29 is 9.59 Å². The molecule has 0 spiro atoms. The van der Waals surface area contributed by atoms with Crippen LogP contribution in [0, 0.1) is 5.92 Å². The minimum Gasteiger partial charge on any atom is -0.350 e. The number of amides is 2. The SMILES string of the molecule is CCC(C)NC(=O)c1ccccc1NC(=O)C1CCCN(Cc2ccc(Cl)cc2Cl)C1. The Morgan fingerprint density at radius 3 is 2.71 bits per heavy atom. The van der Waals surface area contributed by atoms with E-state index < -0.39 is 0 Å². The molecule has 2 unspecified atom stereocenters. The Hall–Kier alpha value is -2.08. The van der Waals surface area contributed by atoms with E-state index >= 15 is 0 Å². The molecule has 1 heterocycles. The predicted octanol–water partition coefficient (Wildman–Crippen LogP) is 5.37. The third-order valence-electron chi connectivity index (χ3n) is 5.70. The molecule has 3 rings (SSSR count). The summed E-state index contributed by atoms with van der Waals surface area (Å²) in [4.78, 5) is 27.9. The van der Waals surface area contributed by atoms with Crippen LogP contribution in [0.4, 0.5) is 5.69 Å². The highest BCUT2D eigenvalue weighted by atomic mass is 35.5. The number of carbonyl (C=O) groups is 2. The van der Waals surface area contributed by atoms with Gasteiger partial charge in [0, 0.05) is 29.2 Å². The van der Waals surface area contributed by atoms with E-state index in [4.69, 9.17) is 23.2 Å². The number of hydrogen-bond acceptors (Lipinski definition) is 3. The molecule has 0 saturated carbocycles. The number of piperidine rings is 1. The van der Waals surface area contributed by atoms with E-state index in [-0.39, 0.29) is 23.8 Å². The lowest BCUT2D eigenvalue weighted by molar-refractivity contribution is -0.121. The van der Waals surface area contributed by atoms with Crippen molar-refractivity contribution in [2.75, 3.05) is 18.4 Å². The van der Waals surface area contributed by atoms with Crippen molar-refractivity contribution in [2.24, 2.45) is 5.92 Å². The van der Waals surface area contributed by atoms with Crippen LogP contribution in [-0.2, 0) is 11.3 Å². The van der Waals surface area contributed by atoms with Gasteiger partial charge in [-0.05, 0) is 62.6 Å². The second-order valence-electron chi connectivity index (χ2n) is 8.13. The average molecular weight is 462 g/mol. The van der Waals surface area contributed by atoms with Crippen molar-refractivity contribution in [2.45, 2.75) is 45.7 Å². The molecular weight excluding hydrogens is 433 g/mol. The number of likely N-dealkylation sites (tertiary alicyclic amines) is 1. The van der Waals surface area contributed by atoms with Crippen LogP contribution in [0.5, 0.6) is 0 Å². The summed E-state index contributed by atoms with van der Waals surface area (Å²) in [6.45, 7) is 6.21. The molecular formula is C24H29Cl2N3O2. The molecule has 7 heteroatoms. The van der Waals surface area contributed by atoms with Crippen molar-refractivity contribution in [3.05, 3.63) is 63.6 Å². The number of benzene rings is 2. The summed E-state index contributed by atoms with van der Waals surface area (Å²) in [5, 5.41) is 7.20. The molecule has 166 valence electrons. The first kappa shape index (κ1) is 23.6. The summed E-state index contributed by atoms with van der Waals surface area (Å²) < 4.78 is 0. The fraction of sp³-hybridized carbons (Fsp3) is 0.417. The first-order valence-electron chi connectivity index (χ1n) is 10.7. The van der Waals surface area contributed by atoms with E-state index in [1.165, 1.54) is 0 Å². The highest BCUT2D eigenvalue weighted by molar-refractivity contribution is 6.35. The Bertz CT molecular complexity index is 935. The maximum absolute atomic E-state index is 13.0. The van der Waals surface area contributed by atoms with Gasteiger partial charge >= 0.3 is 0 Å². The molecule has 2 atom stereocenters. The molecule has 1 aliphatic rings. The van der Waals surface area contributed by atoms with Crippen LogP contribution >= 0.6 is 23.2 Å². The second kappa shape index (κ2) is 11.0. The Morgan fingerprint density at radius 2 is 1.97 bits per heavy atom. The Morgan fingerprint density at radius 1 is 1.19 bits per heavy atom. The van der Waals surface area contributed by atoms with E-state index in [1.54, 1.807) is 24.3 Å². The zero-order valence-electron chi connectivity index (χ0n) is 18.0. The van der Waals surface area contributed by atoms with Crippen LogP contribution in [-0.4, -0.2) is 35.8 Å². The van der Waals surface area contributed by atoms with E-state index in [9.17, 15) is 9.59 Å². The molecule has 0 aromatic heterocycles. The Balaban J connectivity index is 1.65. The smallest absolute Gasteiger partial charge is 0.253 e. The van der Waals surface area contributed by atoms with E-state index in [2.05, 4.69) is 15.5 Å². The van der Waals surface area contributed by atoms with Gasteiger partial charge in [0.05, 0.1) is 17.2 Å². The van der Waals surface area contributed by atoms with Crippen LogP contribution in [0.1, 0.15) is 49.0 Å². The van der Waals surface area contributed by atoms with Crippen LogP contribution in [0.2, 0.25) is 10.0 Å². The van der Waals surface area contributed by atoms with Crippen molar-refractivity contribution in [1.82, 2.24) is 10.2 Å². The van der Waals surface area contributed by atoms with Crippen LogP contribution < -0.4 is 10.6 Å². The average Bonchev–Trinajstić information content (AvgIpc) is 2.76. The lowest BCUT2D eigenvalue weighted by atomic mass is 9.96. The van der Waals surface area contributed by atoms with Crippen molar-refractivity contribution in [1.29, 1.82) is 0 Å². The van der Waals surface area contributed by atoms with Gasteiger partial charge in [-0.1, -0.05) is 48.3 Å². The monoisotopic (exact) mass is 461 g/mol. The lowest BCUT2D eigenvalue weighted by Crippen LogP contribution is -2.40. The summed E-state index contributed by atoms with van der Waals surface area (Å²) in [6, 6.07) is 12.7. The third kappa shape index (κ3) is 6.45. The first-order valence-corrected chi connectivity index (χ1v) is 11.5. The van der Waals surface area contributed by atoms with Crippen LogP contribution in [0.15, 0.2) is 42.5 Å². The van der Waals surface area contributed by atoms with Gasteiger partial charge in [-0.15, -0.1) is 0 Å². The molecule has 1 saturated heterocycles. The Kier molecular flexibility index (Phi) is 8.35. The molecule has 2 aromatic carbocycles. The molecule has 2 N–H and O–H groups in total. The molecule has 2 amide bonds. The van der Waals surface area contributed by atoms with Crippen LogP contribution in [0.3, 0.4) is 0 Å². The molecule has 1 fully saturated rings. The van der Waals surface area contributed by atoms with Gasteiger partial charge in [0.25, 0.3) is 5.91 Å². The predicted molar refractivity (Wildman–Crippen MR) is 127 cm³/mol.